The Balaban J connectivity index is 1.19. The molecule has 3 heterocycles. The number of nitrogens with zero attached hydrogens (tertiary/aromatic N) is 4. The van der Waals surface area contributed by atoms with E-state index in [4.69, 9.17) is 19.4 Å². The predicted octanol–water partition coefficient (Wildman–Crippen LogP) is 11.0. The molecule has 0 saturated heterocycles. The van der Waals surface area contributed by atoms with Gasteiger partial charge in [-0.05, 0) is 47.9 Å². The summed E-state index contributed by atoms with van der Waals surface area (Å²) in [6.45, 7) is 0. The van der Waals surface area contributed by atoms with Gasteiger partial charge in [-0.2, -0.15) is 0 Å². The highest BCUT2D eigenvalue weighted by molar-refractivity contribution is 6.18. The molecule has 0 aliphatic carbocycles. The molecule has 0 saturated carbocycles. The van der Waals surface area contributed by atoms with Gasteiger partial charge in [0.2, 0.25) is 0 Å². The third kappa shape index (κ3) is 4.15. The highest BCUT2D eigenvalue weighted by Crippen LogP contribution is 2.38. The second kappa shape index (κ2) is 10.5. The van der Waals surface area contributed by atoms with Crippen LogP contribution in [0.15, 0.2) is 162 Å². The van der Waals surface area contributed by atoms with Crippen LogP contribution >= 0.6 is 0 Å². The molecule has 0 aliphatic rings. The summed E-state index contributed by atoms with van der Waals surface area (Å²) >= 11 is 0. The quantitative estimate of drug-likeness (QED) is 0.198. The Morgan fingerprint density at radius 3 is 1.90 bits per heavy atom. The van der Waals surface area contributed by atoms with E-state index in [0.29, 0.717) is 17.5 Å². The summed E-state index contributed by atoms with van der Waals surface area (Å²) in [5.74, 6) is 1.85. The first-order valence-corrected chi connectivity index (χ1v) is 16.0. The van der Waals surface area contributed by atoms with Gasteiger partial charge in [0.1, 0.15) is 11.2 Å². The van der Waals surface area contributed by atoms with Crippen LogP contribution < -0.4 is 0 Å². The van der Waals surface area contributed by atoms with E-state index >= 15 is 0 Å². The minimum Gasteiger partial charge on any atom is -0.456 e. The molecule has 224 valence electrons. The number of fused-ring (bicyclic) bond motifs is 8. The highest BCUT2D eigenvalue weighted by Gasteiger charge is 2.18. The summed E-state index contributed by atoms with van der Waals surface area (Å²) in [7, 11) is 0. The molecule has 5 heteroatoms. The van der Waals surface area contributed by atoms with Crippen molar-refractivity contribution in [3.8, 4) is 39.9 Å². The van der Waals surface area contributed by atoms with Gasteiger partial charge in [-0.15, -0.1) is 0 Å². The molecular weight excluding hydrogens is 589 g/mol. The van der Waals surface area contributed by atoms with Gasteiger partial charge < -0.3 is 8.98 Å². The van der Waals surface area contributed by atoms with Crippen molar-refractivity contribution in [3.63, 3.8) is 0 Å². The Bertz CT molecular complexity index is 2850. The van der Waals surface area contributed by atoms with E-state index in [0.717, 1.165) is 49.8 Å². The van der Waals surface area contributed by atoms with Gasteiger partial charge in [0.05, 0.1) is 11.0 Å². The summed E-state index contributed by atoms with van der Waals surface area (Å²) in [4.78, 5) is 15.2. The Morgan fingerprint density at radius 2 is 1.04 bits per heavy atom. The van der Waals surface area contributed by atoms with E-state index in [1.54, 1.807) is 0 Å². The second-order valence-corrected chi connectivity index (χ2v) is 12.1. The van der Waals surface area contributed by atoms with Gasteiger partial charge in [-0.3, -0.25) is 0 Å². The van der Waals surface area contributed by atoms with E-state index in [9.17, 15) is 0 Å². The number of furan rings is 1. The summed E-state index contributed by atoms with van der Waals surface area (Å²) < 4.78 is 8.48. The number of benzene rings is 7. The maximum Gasteiger partial charge on any atom is 0.164 e. The van der Waals surface area contributed by atoms with Crippen LogP contribution in [0.3, 0.4) is 0 Å². The number of hydrogen-bond donors (Lipinski definition) is 0. The molecule has 0 atom stereocenters. The van der Waals surface area contributed by atoms with Crippen LogP contribution in [0.1, 0.15) is 0 Å². The average molecular weight is 615 g/mol. The van der Waals surface area contributed by atoms with Crippen molar-refractivity contribution >= 4 is 54.5 Å². The highest BCUT2D eigenvalue weighted by atomic mass is 16.3. The smallest absolute Gasteiger partial charge is 0.164 e. The lowest BCUT2D eigenvalue weighted by Gasteiger charge is -2.12. The van der Waals surface area contributed by atoms with Crippen molar-refractivity contribution in [1.29, 1.82) is 0 Å². The van der Waals surface area contributed by atoms with Crippen LogP contribution in [0.25, 0.3) is 94.4 Å². The molecule has 0 spiro atoms. The molecule has 10 aromatic rings. The molecule has 0 unspecified atom stereocenters. The van der Waals surface area contributed by atoms with Crippen molar-refractivity contribution in [2.75, 3.05) is 0 Å². The third-order valence-corrected chi connectivity index (χ3v) is 9.22. The number of hydrogen-bond acceptors (Lipinski definition) is 4. The zero-order valence-corrected chi connectivity index (χ0v) is 25.7. The van der Waals surface area contributed by atoms with E-state index in [-0.39, 0.29) is 0 Å². The lowest BCUT2D eigenvalue weighted by molar-refractivity contribution is 0.669. The third-order valence-electron chi connectivity index (χ3n) is 9.22. The molecule has 0 aliphatic heterocycles. The van der Waals surface area contributed by atoms with Gasteiger partial charge in [0, 0.05) is 49.3 Å². The zero-order chi connectivity index (χ0) is 31.6. The maximum atomic E-state index is 6.11. The normalized spacial score (nSPS) is 11.8. The molecule has 5 nitrogen and oxygen atoms in total. The van der Waals surface area contributed by atoms with Crippen molar-refractivity contribution in [3.05, 3.63) is 158 Å². The minimum absolute atomic E-state index is 0.610. The largest absolute Gasteiger partial charge is 0.456 e. The maximum absolute atomic E-state index is 6.11. The molecule has 0 fully saturated rings. The Labute approximate surface area is 275 Å². The first-order valence-electron chi connectivity index (χ1n) is 16.0. The van der Waals surface area contributed by atoms with Gasteiger partial charge in [-0.1, -0.05) is 115 Å². The van der Waals surface area contributed by atoms with Crippen LogP contribution in [0.5, 0.6) is 0 Å². The molecular formula is C43H26N4O. The first-order chi connectivity index (χ1) is 23.8. The lowest BCUT2D eigenvalue weighted by Crippen LogP contribution is -2.01. The SMILES string of the molecule is c1ccc(-c2nc(-c3cccc(-n4c5ccccc5c5ccc6ccccc6c54)c3)nc(-c3ccc4oc5ccccc5c4c3)n2)cc1. The fourth-order valence-electron chi connectivity index (χ4n) is 7.00. The summed E-state index contributed by atoms with van der Waals surface area (Å²) in [5.41, 5.74) is 7.84. The fourth-order valence-corrected chi connectivity index (χ4v) is 7.00. The first kappa shape index (κ1) is 26.6. The summed E-state index contributed by atoms with van der Waals surface area (Å²) in [6, 6.07) is 54.5. The zero-order valence-electron chi connectivity index (χ0n) is 25.7. The standard InChI is InChI=1S/C43H26N4O/c1-2-12-28(13-3-1)41-44-42(46-43(45-41)30-22-24-39-36(26-30)34-18-7-9-20-38(34)48-39)29-14-10-15-31(25-29)47-37-19-8-6-17-33(37)35-23-21-27-11-4-5-16-32(27)40(35)47/h1-26H. The van der Waals surface area contributed by atoms with E-state index in [1.807, 2.05) is 60.7 Å². The molecule has 0 bridgehead atoms. The van der Waals surface area contributed by atoms with Crippen molar-refractivity contribution in [2.45, 2.75) is 0 Å². The van der Waals surface area contributed by atoms with E-state index in [2.05, 4.69) is 102 Å². The van der Waals surface area contributed by atoms with Gasteiger partial charge in [0.15, 0.2) is 17.5 Å². The summed E-state index contributed by atoms with van der Waals surface area (Å²) in [5, 5.41) is 6.98. The number of aromatic nitrogens is 4. The van der Waals surface area contributed by atoms with E-state index < -0.39 is 0 Å². The van der Waals surface area contributed by atoms with E-state index in [1.165, 1.54) is 27.1 Å². The predicted molar refractivity (Wildman–Crippen MR) is 195 cm³/mol. The molecule has 0 amide bonds. The van der Waals surface area contributed by atoms with Crippen molar-refractivity contribution in [2.24, 2.45) is 0 Å². The van der Waals surface area contributed by atoms with Crippen LogP contribution in [0.2, 0.25) is 0 Å². The Morgan fingerprint density at radius 1 is 0.396 bits per heavy atom. The van der Waals surface area contributed by atoms with Crippen molar-refractivity contribution in [1.82, 2.24) is 19.5 Å². The molecule has 0 radical (unpaired) electrons. The van der Waals surface area contributed by atoms with Crippen molar-refractivity contribution < 1.29 is 4.42 Å². The van der Waals surface area contributed by atoms with Crippen LogP contribution in [0, 0.1) is 0 Å². The fraction of sp³-hybridized carbons (Fsp3) is 0. The lowest BCUT2D eigenvalue weighted by atomic mass is 10.1. The minimum atomic E-state index is 0.610. The molecule has 3 aromatic heterocycles. The molecule has 7 aromatic carbocycles. The molecule has 48 heavy (non-hydrogen) atoms. The number of para-hydroxylation sites is 2. The van der Waals surface area contributed by atoms with Crippen LogP contribution in [-0.2, 0) is 0 Å². The Kier molecular flexibility index (Phi) is 5.81. The average Bonchev–Trinajstić information content (AvgIpc) is 3.71. The topological polar surface area (TPSA) is 56.7 Å². The molecule has 10 rings (SSSR count). The molecule has 0 N–H and O–H groups in total. The second-order valence-electron chi connectivity index (χ2n) is 12.1. The van der Waals surface area contributed by atoms with Crippen LogP contribution in [-0.4, -0.2) is 19.5 Å². The summed E-state index contributed by atoms with van der Waals surface area (Å²) in [6.07, 6.45) is 0. The van der Waals surface area contributed by atoms with Gasteiger partial charge in [0.25, 0.3) is 0 Å². The monoisotopic (exact) mass is 614 g/mol. The Hall–Kier alpha value is -6.59. The van der Waals surface area contributed by atoms with Gasteiger partial charge in [-0.25, -0.2) is 15.0 Å². The van der Waals surface area contributed by atoms with Crippen LogP contribution in [0.4, 0.5) is 0 Å². The number of rotatable bonds is 4. The van der Waals surface area contributed by atoms with Gasteiger partial charge >= 0.3 is 0 Å².